The van der Waals surface area contributed by atoms with Gasteiger partial charge in [0.1, 0.15) is 12.2 Å². The molecule has 34 heavy (non-hydrogen) atoms. The number of aromatic nitrogens is 2. The first-order valence-corrected chi connectivity index (χ1v) is 13.4. The first-order chi connectivity index (χ1) is 16.0. The largest absolute Gasteiger partial charge is 0.374 e. The summed E-state index contributed by atoms with van der Waals surface area (Å²) in [6.45, 7) is 7.80. The van der Waals surface area contributed by atoms with Crippen molar-refractivity contribution in [3.05, 3.63) is 33.1 Å². The van der Waals surface area contributed by atoms with E-state index in [4.69, 9.17) is 27.8 Å². The molecular weight excluding hydrogens is 494 g/mol. The van der Waals surface area contributed by atoms with Crippen LogP contribution in [-0.4, -0.2) is 77.7 Å². The molecular formula is C18H34N4O10P2. The van der Waals surface area contributed by atoms with Gasteiger partial charge in [-0.25, -0.2) is 9.80 Å². The molecule has 2 heterocycles. The predicted molar refractivity (Wildman–Crippen MR) is 123 cm³/mol. The van der Waals surface area contributed by atoms with Gasteiger partial charge >= 0.3 is 13.3 Å². The Labute approximate surface area is 198 Å². The van der Waals surface area contributed by atoms with Gasteiger partial charge in [0.05, 0.1) is 0 Å². The second kappa shape index (κ2) is 12.8. The Kier molecular flexibility index (Phi) is 11.0. The third kappa shape index (κ3) is 7.25. The quantitative estimate of drug-likeness (QED) is 0.247. The highest BCUT2D eigenvalue weighted by atomic mass is 31.2. The number of nitrogens with zero attached hydrogens (tertiary/aromatic N) is 2. The van der Waals surface area contributed by atoms with Gasteiger partial charge in [0, 0.05) is 45.7 Å². The number of H-pyrrole nitrogens is 1. The summed E-state index contributed by atoms with van der Waals surface area (Å²) in [6, 6.07) is 1.25. The lowest BCUT2D eigenvalue weighted by atomic mass is 10.2. The van der Waals surface area contributed by atoms with Crippen molar-refractivity contribution in [3.63, 3.8) is 0 Å². The van der Waals surface area contributed by atoms with E-state index in [0.29, 0.717) is 0 Å². The molecule has 14 nitrogen and oxygen atoms in total. The lowest BCUT2D eigenvalue weighted by Crippen LogP contribution is -2.46. The highest BCUT2D eigenvalue weighted by Gasteiger charge is 2.50. The Hall–Kier alpha value is -1.02. The Morgan fingerprint density at radius 1 is 1.21 bits per heavy atom. The van der Waals surface area contributed by atoms with Crippen molar-refractivity contribution in [2.45, 2.75) is 64.5 Å². The minimum absolute atomic E-state index is 0.0487. The molecule has 1 unspecified atom stereocenters. The van der Waals surface area contributed by atoms with E-state index in [0.717, 1.165) is 10.6 Å². The smallest absolute Gasteiger partial charge is 0.355 e. The van der Waals surface area contributed by atoms with E-state index < -0.39 is 58.4 Å². The monoisotopic (exact) mass is 528 g/mol. The number of hydrogen-bond donors (Lipinski definition) is 3. The number of aromatic amines is 1. The zero-order valence-corrected chi connectivity index (χ0v) is 22.0. The Morgan fingerprint density at radius 3 is 2.32 bits per heavy atom. The van der Waals surface area contributed by atoms with E-state index in [2.05, 4.69) is 10.2 Å². The van der Waals surface area contributed by atoms with E-state index in [1.165, 1.54) is 27.5 Å². The SMILES string of the molecule is CO[C@@H]1[C@H](OP(O)NN(C(C)C)C(C)C)[C@@H](OCP(=O)(OC)OC)O[C@H]1n1ccc(=O)[nH]c1=O. The van der Waals surface area contributed by atoms with Gasteiger partial charge in [-0.1, -0.05) is 0 Å². The summed E-state index contributed by atoms with van der Waals surface area (Å²) in [5, 5.41) is 4.73. The van der Waals surface area contributed by atoms with Crippen LogP contribution in [0.25, 0.3) is 0 Å². The average Bonchev–Trinajstić information content (AvgIpc) is 3.12. The molecule has 196 valence electrons. The molecule has 0 aliphatic carbocycles. The molecule has 1 aliphatic heterocycles. The van der Waals surface area contributed by atoms with Crippen LogP contribution in [0.5, 0.6) is 0 Å². The van der Waals surface area contributed by atoms with Crippen molar-refractivity contribution in [2.75, 3.05) is 27.7 Å². The van der Waals surface area contributed by atoms with Gasteiger partial charge in [-0.05, 0) is 27.7 Å². The highest BCUT2D eigenvalue weighted by Crippen LogP contribution is 2.48. The number of methoxy groups -OCH3 is 1. The van der Waals surface area contributed by atoms with Crippen LogP contribution in [0, 0.1) is 0 Å². The molecule has 3 N–H and O–H groups in total. The number of hydrazine groups is 1. The first-order valence-electron chi connectivity index (χ1n) is 10.5. The summed E-state index contributed by atoms with van der Waals surface area (Å²) in [4.78, 5) is 36.7. The molecule has 16 heteroatoms. The van der Waals surface area contributed by atoms with Crippen molar-refractivity contribution < 1.29 is 37.2 Å². The van der Waals surface area contributed by atoms with E-state index in [1.54, 1.807) is 0 Å². The standard InChI is InChI=1S/C18H34N4O10P2/c1-11(2)22(12(3)4)20-33(25)32-15-14(27-5)16(21-9-8-13(23)19-18(21)24)31-17(15)30-10-34(26,28-6)29-7/h8-9,11-12,14-17,20,25H,10H2,1-7H3,(H,19,23,24)/t14-,15+,16-,17+,33?/m1/s1. The molecule has 1 aromatic rings. The summed E-state index contributed by atoms with van der Waals surface area (Å²) in [5.74, 6) is 0. The van der Waals surface area contributed by atoms with Crippen molar-refractivity contribution in [3.8, 4) is 0 Å². The maximum absolute atomic E-state index is 12.5. The van der Waals surface area contributed by atoms with Gasteiger partial charge < -0.3 is 32.7 Å². The normalized spacial score (nSPS) is 24.4. The topological polar surface area (TPSA) is 163 Å². The molecule has 2 rings (SSSR count). The lowest BCUT2D eigenvalue weighted by Gasteiger charge is -2.33. The summed E-state index contributed by atoms with van der Waals surface area (Å²) in [7, 11) is -2.03. The fraction of sp³-hybridized carbons (Fsp3) is 0.778. The molecule has 1 aliphatic rings. The van der Waals surface area contributed by atoms with Crippen molar-refractivity contribution in [1.29, 1.82) is 0 Å². The van der Waals surface area contributed by atoms with Gasteiger partial charge in [0.25, 0.3) is 14.1 Å². The van der Waals surface area contributed by atoms with E-state index in [-0.39, 0.29) is 12.1 Å². The number of rotatable bonds is 13. The molecule has 1 fully saturated rings. The van der Waals surface area contributed by atoms with Crippen LogP contribution >= 0.6 is 16.1 Å². The zero-order chi connectivity index (χ0) is 25.6. The minimum atomic E-state index is -3.57. The third-order valence-corrected chi connectivity index (χ3v) is 7.46. The van der Waals surface area contributed by atoms with Crippen LogP contribution < -0.4 is 16.4 Å². The number of hydrogen-bond acceptors (Lipinski definition) is 12. The summed E-state index contributed by atoms with van der Waals surface area (Å²) < 4.78 is 46.2. The second-order valence-corrected chi connectivity index (χ2v) is 11.1. The van der Waals surface area contributed by atoms with Gasteiger partial charge in [-0.3, -0.25) is 18.9 Å². The van der Waals surface area contributed by atoms with Crippen LogP contribution in [0.3, 0.4) is 0 Å². The molecule has 0 radical (unpaired) electrons. The van der Waals surface area contributed by atoms with Crippen molar-refractivity contribution in [1.82, 2.24) is 19.8 Å². The Bertz CT molecular complexity index is 926. The molecule has 1 saturated heterocycles. The van der Waals surface area contributed by atoms with Crippen LogP contribution in [0.2, 0.25) is 0 Å². The van der Waals surface area contributed by atoms with Gasteiger partial charge in [0.15, 0.2) is 18.9 Å². The second-order valence-electron chi connectivity index (χ2n) is 7.92. The third-order valence-electron chi connectivity index (χ3n) is 5.03. The van der Waals surface area contributed by atoms with Crippen LogP contribution in [-0.2, 0) is 32.3 Å². The average molecular weight is 528 g/mol. The van der Waals surface area contributed by atoms with E-state index in [1.807, 2.05) is 32.7 Å². The van der Waals surface area contributed by atoms with Gasteiger partial charge in [-0.15, -0.1) is 0 Å². The molecule has 0 saturated carbocycles. The molecule has 1 aromatic heterocycles. The molecule has 0 amide bonds. The van der Waals surface area contributed by atoms with E-state index in [9.17, 15) is 19.0 Å². The van der Waals surface area contributed by atoms with Crippen LogP contribution in [0.15, 0.2) is 21.9 Å². The Morgan fingerprint density at radius 2 is 1.82 bits per heavy atom. The van der Waals surface area contributed by atoms with Crippen LogP contribution in [0.4, 0.5) is 0 Å². The fourth-order valence-corrected chi connectivity index (χ4v) is 5.21. The first kappa shape index (κ1) is 29.2. The Balaban J connectivity index is 2.32. The minimum Gasteiger partial charge on any atom is -0.374 e. The predicted octanol–water partition coefficient (Wildman–Crippen LogP) is 1.09. The van der Waals surface area contributed by atoms with Crippen molar-refractivity contribution >= 4 is 16.1 Å². The molecule has 0 bridgehead atoms. The maximum atomic E-state index is 12.5. The van der Waals surface area contributed by atoms with Crippen molar-refractivity contribution in [2.24, 2.45) is 0 Å². The summed E-state index contributed by atoms with van der Waals surface area (Å²) >= 11 is 0. The number of nitrogens with one attached hydrogen (secondary N) is 2. The van der Waals surface area contributed by atoms with Gasteiger partial charge in [0.2, 0.25) is 0 Å². The molecule has 5 atom stereocenters. The zero-order valence-electron chi connectivity index (χ0n) is 20.2. The lowest BCUT2D eigenvalue weighted by molar-refractivity contribution is -0.165. The summed E-state index contributed by atoms with van der Waals surface area (Å²) in [6.07, 6.45) is -3.60. The highest BCUT2D eigenvalue weighted by molar-refractivity contribution is 7.53. The van der Waals surface area contributed by atoms with Gasteiger partial charge in [-0.2, -0.15) is 5.20 Å². The molecule has 0 spiro atoms. The maximum Gasteiger partial charge on any atom is 0.355 e. The fourth-order valence-electron chi connectivity index (χ4n) is 3.36. The van der Waals surface area contributed by atoms with E-state index >= 15 is 0 Å². The number of ether oxygens (including phenoxy) is 3. The van der Waals surface area contributed by atoms with Crippen LogP contribution in [0.1, 0.15) is 33.9 Å². The molecule has 0 aromatic carbocycles. The summed E-state index contributed by atoms with van der Waals surface area (Å²) in [5.41, 5.74) is -1.32.